The maximum absolute atomic E-state index is 13.5. The zero-order chi connectivity index (χ0) is 18.9. The predicted octanol–water partition coefficient (Wildman–Crippen LogP) is 1.44. The number of rotatable bonds is 9. The zero-order valence-corrected chi connectivity index (χ0v) is 15.3. The number of carbonyl (C=O) groups is 1. The van der Waals surface area contributed by atoms with Crippen LogP contribution in [0.1, 0.15) is 25.7 Å². The van der Waals surface area contributed by atoms with Crippen molar-refractivity contribution in [2.24, 2.45) is 5.92 Å². The van der Waals surface area contributed by atoms with Crippen molar-refractivity contribution >= 4 is 16.0 Å². The fourth-order valence-corrected chi connectivity index (χ4v) is 4.50. The molecule has 9 heteroatoms. The number of carboxylic acids is 1. The number of aliphatic carboxylic acids is 1. The molecule has 0 aliphatic heterocycles. The Labute approximate surface area is 152 Å². The van der Waals surface area contributed by atoms with E-state index in [1.807, 2.05) is 4.90 Å². The molecule has 2 aliphatic rings. The summed E-state index contributed by atoms with van der Waals surface area (Å²) in [7, 11) is -2.51. The quantitative estimate of drug-likeness (QED) is 0.667. The standard InChI is InChI=1S/C17H23FN2O5S/c1-25-16-8-14(4-5-15(16)18)26(23,24)19-12-6-13(7-12)20(10-17(21)22)9-11-2-3-11/h4-5,8,11-13,19H,2-3,6-7,9-10H2,1H3,(H,21,22). The molecule has 0 bridgehead atoms. The van der Waals surface area contributed by atoms with Crippen molar-refractivity contribution in [3.63, 3.8) is 0 Å². The van der Waals surface area contributed by atoms with Gasteiger partial charge in [0.15, 0.2) is 11.6 Å². The molecule has 0 aromatic heterocycles. The summed E-state index contributed by atoms with van der Waals surface area (Å²) in [5, 5.41) is 9.06. The zero-order valence-electron chi connectivity index (χ0n) is 14.5. The molecule has 0 amide bonds. The van der Waals surface area contributed by atoms with Crippen LogP contribution in [-0.4, -0.2) is 56.7 Å². The summed E-state index contributed by atoms with van der Waals surface area (Å²) in [6, 6.07) is 3.22. The van der Waals surface area contributed by atoms with Crippen LogP contribution in [0.5, 0.6) is 5.75 Å². The first kappa shape index (κ1) is 19.1. The van der Waals surface area contributed by atoms with Gasteiger partial charge in [-0.15, -0.1) is 0 Å². The Hall–Kier alpha value is -1.71. The molecule has 0 spiro atoms. The van der Waals surface area contributed by atoms with Gasteiger partial charge in [0.05, 0.1) is 18.6 Å². The lowest BCUT2D eigenvalue weighted by molar-refractivity contribution is -0.139. The van der Waals surface area contributed by atoms with Gasteiger partial charge in [0, 0.05) is 24.7 Å². The predicted molar refractivity (Wildman–Crippen MR) is 92.0 cm³/mol. The highest BCUT2D eigenvalue weighted by Crippen LogP contribution is 2.34. The molecule has 2 fully saturated rings. The van der Waals surface area contributed by atoms with Crippen LogP contribution in [0.25, 0.3) is 0 Å². The summed E-state index contributed by atoms with van der Waals surface area (Å²) in [6.45, 7) is 0.737. The molecule has 0 radical (unpaired) electrons. The first-order chi connectivity index (χ1) is 12.3. The van der Waals surface area contributed by atoms with Gasteiger partial charge in [-0.25, -0.2) is 17.5 Å². The fraction of sp³-hybridized carbons (Fsp3) is 0.588. The van der Waals surface area contributed by atoms with Crippen LogP contribution in [0.2, 0.25) is 0 Å². The van der Waals surface area contributed by atoms with Gasteiger partial charge in [-0.3, -0.25) is 9.69 Å². The largest absolute Gasteiger partial charge is 0.494 e. The van der Waals surface area contributed by atoms with Crippen molar-refractivity contribution in [3.05, 3.63) is 24.0 Å². The number of halogens is 1. The molecule has 0 atom stereocenters. The molecule has 3 rings (SSSR count). The number of benzene rings is 1. The second-order valence-corrected chi connectivity index (χ2v) is 8.72. The van der Waals surface area contributed by atoms with Gasteiger partial charge < -0.3 is 9.84 Å². The van der Waals surface area contributed by atoms with Crippen LogP contribution >= 0.6 is 0 Å². The maximum Gasteiger partial charge on any atom is 0.317 e. The second kappa shape index (κ2) is 7.50. The number of nitrogens with one attached hydrogen (secondary N) is 1. The van der Waals surface area contributed by atoms with E-state index in [-0.39, 0.29) is 29.3 Å². The monoisotopic (exact) mass is 386 g/mol. The smallest absolute Gasteiger partial charge is 0.317 e. The SMILES string of the molecule is COc1cc(S(=O)(=O)NC2CC(N(CC(=O)O)CC3CC3)C2)ccc1F. The van der Waals surface area contributed by atoms with Crippen molar-refractivity contribution in [1.82, 2.24) is 9.62 Å². The molecule has 0 unspecified atom stereocenters. The lowest BCUT2D eigenvalue weighted by Gasteiger charge is -2.42. The third kappa shape index (κ3) is 4.52. The average Bonchev–Trinajstić information content (AvgIpc) is 3.33. The molecule has 2 aliphatic carbocycles. The summed E-state index contributed by atoms with van der Waals surface area (Å²) in [5.41, 5.74) is 0. The van der Waals surface area contributed by atoms with Crippen LogP contribution in [0, 0.1) is 11.7 Å². The number of ether oxygens (including phenoxy) is 1. The summed E-state index contributed by atoms with van der Waals surface area (Å²) in [6.07, 6.45) is 3.39. The summed E-state index contributed by atoms with van der Waals surface area (Å²) in [4.78, 5) is 12.9. The summed E-state index contributed by atoms with van der Waals surface area (Å²) >= 11 is 0. The van der Waals surface area contributed by atoms with E-state index in [2.05, 4.69) is 4.72 Å². The highest BCUT2D eigenvalue weighted by molar-refractivity contribution is 7.89. The number of sulfonamides is 1. The minimum atomic E-state index is -3.78. The normalized spacial score (nSPS) is 22.9. The van der Waals surface area contributed by atoms with Crippen molar-refractivity contribution < 1.29 is 27.4 Å². The number of hydrogen-bond acceptors (Lipinski definition) is 5. The topological polar surface area (TPSA) is 95.9 Å². The number of hydrogen-bond donors (Lipinski definition) is 2. The van der Waals surface area contributed by atoms with Gasteiger partial charge in [0.2, 0.25) is 10.0 Å². The first-order valence-corrected chi connectivity index (χ1v) is 10.1. The van der Waals surface area contributed by atoms with Crippen molar-refractivity contribution in [2.45, 2.75) is 42.7 Å². The van der Waals surface area contributed by atoms with E-state index in [4.69, 9.17) is 9.84 Å². The molecule has 7 nitrogen and oxygen atoms in total. The number of carboxylic acid groups (broad SMARTS) is 1. The van der Waals surface area contributed by atoms with Gasteiger partial charge >= 0.3 is 5.97 Å². The highest BCUT2D eigenvalue weighted by Gasteiger charge is 2.39. The van der Waals surface area contributed by atoms with Gasteiger partial charge in [0.25, 0.3) is 0 Å². The molecule has 0 saturated heterocycles. The van der Waals surface area contributed by atoms with Crippen LogP contribution in [0.3, 0.4) is 0 Å². The molecule has 26 heavy (non-hydrogen) atoms. The van der Waals surface area contributed by atoms with Crippen LogP contribution < -0.4 is 9.46 Å². The molecule has 144 valence electrons. The van der Waals surface area contributed by atoms with E-state index in [9.17, 15) is 17.6 Å². The Morgan fingerprint density at radius 3 is 2.65 bits per heavy atom. The van der Waals surface area contributed by atoms with E-state index in [1.165, 1.54) is 13.2 Å². The molecular weight excluding hydrogens is 363 g/mol. The second-order valence-electron chi connectivity index (χ2n) is 7.01. The van der Waals surface area contributed by atoms with Crippen molar-refractivity contribution in [3.8, 4) is 5.75 Å². The van der Waals surface area contributed by atoms with E-state index in [0.717, 1.165) is 31.5 Å². The Balaban J connectivity index is 1.59. The van der Waals surface area contributed by atoms with Crippen molar-refractivity contribution in [2.75, 3.05) is 20.2 Å². The molecule has 2 saturated carbocycles. The average molecular weight is 386 g/mol. The first-order valence-electron chi connectivity index (χ1n) is 8.60. The third-order valence-corrected chi connectivity index (χ3v) is 6.43. The Morgan fingerprint density at radius 1 is 1.38 bits per heavy atom. The Kier molecular flexibility index (Phi) is 5.50. The lowest BCUT2D eigenvalue weighted by atomic mass is 9.86. The number of nitrogens with zero attached hydrogens (tertiary/aromatic N) is 1. The minimum absolute atomic E-state index is 0.0181. The van der Waals surface area contributed by atoms with E-state index in [1.54, 1.807) is 0 Å². The minimum Gasteiger partial charge on any atom is -0.494 e. The molecule has 1 aromatic rings. The lowest BCUT2D eigenvalue weighted by Crippen LogP contribution is -2.55. The Bertz CT molecular complexity index is 775. The van der Waals surface area contributed by atoms with Crippen LogP contribution in [-0.2, 0) is 14.8 Å². The Morgan fingerprint density at radius 2 is 2.08 bits per heavy atom. The molecule has 2 N–H and O–H groups in total. The third-order valence-electron chi connectivity index (χ3n) is 4.91. The number of methoxy groups -OCH3 is 1. The molecule has 0 heterocycles. The van der Waals surface area contributed by atoms with Crippen molar-refractivity contribution in [1.29, 1.82) is 0 Å². The van der Waals surface area contributed by atoms with Gasteiger partial charge in [-0.1, -0.05) is 0 Å². The maximum atomic E-state index is 13.5. The molecular formula is C17H23FN2O5S. The fourth-order valence-electron chi connectivity index (χ4n) is 3.23. The summed E-state index contributed by atoms with van der Waals surface area (Å²) in [5.74, 6) is -1.05. The highest BCUT2D eigenvalue weighted by atomic mass is 32.2. The summed E-state index contributed by atoms with van der Waals surface area (Å²) < 4.78 is 45.8. The van der Waals surface area contributed by atoms with Gasteiger partial charge in [-0.2, -0.15) is 0 Å². The van der Waals surface area contributed by atoms with E-state index < -0.39 is 21.8 Å². The van der Waals surface area contributed by atoms with E-state index >= 15 is 0 Å². The van der Waals surface area contributed by atoms with Crippen LogP contribution in [0.4, 0.5) is 4.39 Å². The van der Waals surface area contributed by atoms with Gasteiger partial charge in [0.1, 0.15) is 0 Å². The molecule has 1 aromatic carbocycles. The van der Waals surface area contributed by atoms with Gasteiger partial charge in [-0.05, 0) is 43.7 Å². The van der Waals surface area contributed by atoms with E-state index in [0.29, 0.717) is 18.8 Å². The van der Waals surface area contributed by atoms with Crippen LogP contribution in [0.15, 0.2) is 23.1 Å².